The van der Waals surface area contributed by atoms with Crippen LogP contribution in [-0.2, 0) is 46.2 Å². The van der Waals surface area contributed by atoms with Gasteiger partial charge in [0.15, 0.2) is 10.8 Å². The third-order valence-corrected chi connectivity index (χ3v) is 9.95. The van der Waals surface area contributed by atoms with Gasteiger partial charge in [-0.1, -0.05) is 102 Å². The molecule has 2 aromatic rings. The van der Waals surface area contributed by atoms with Crippen LogP contribution < -0.4 is 9.47 Å². The van der Waals surface area contributed by atoms with Crippen LogP contribution in [0.1, 0.15) is 136 Å². The summed E-state index contributed by atoms with van der Waals surface area (Å²) in [6.45, 7) is 18.8. The molecule has 10 heteroatoms. The lowest BCUT2D eigenvalue weighted by Crippen LogP contribution is -2.42. The van der Waals surface area contributed by atoms with E-state index in [2.05, 4.69) is 27.0 Å². The predicted octanol–water partition coefficient (Wildman–Crippen LogP) is 10.8. The van der Waals surface area contributed by atoms with E-state index >= 15 is 0 Å². The molecule has 0 aliphatic carbocycles. The fourth-order valence-corrected chi connectivity index (χ4v) is 6.44. The molecule has 324 valence electrons. The zero-order valence-corrected chi connectivity index (χ0v) is 36.2. The Morgan fingerprint density at radius 2 is 0.879 bits per heavy atom. The second-order valence-corrected chi connectivity index (χ2v) is 14.4. The van der Waals surface area contributed by atoms with Crippen LogP contribution >= 0.6 is 0 Å². The summed E-state index contributed by atoms with van der Waals surface area (Å²) in [4.78, 5) is 49.5. The molecule has 0 fully saturated rings. The molecule has 1 atom stereocenters. The highest BCUT2D eigenvalue weighted by Crippen LogP contribution is 2.34. The molecule has 0 amide bonds. The van der Waals surface area contributed by atoms with E-state index in [-0.39, 0.29) is 39.1 Å². The summed E-state index contributed by atoms with van der Waals surface area (Å²) >= 11 is 0. The van der Waals surface area contributed by atoms with Crippen molar-refractivity contribution in [3.05, 3.63) is 85.0 Å². The number of ether oxygens (including phenoxy) is 5. The minimum absolute atomic E-state index is 0.0421. The van der Waals surface area contributed by atoms with Gasteiger partial charge in [-0.3, -0.25) is 19.2 Å². The number of hydrogen-bond donors (Lipinski definition) is 1. The van der Waals surface area contributed by atoms with Gasteiger partial charge in [-0.2, -0.15) is 0 Å². The smallest absolute Gasteiger partial charge is 0.323 e. The standard InChI is InChI=1S/C25H38O5.C23H34O5/c1-5-9-10-11-12-20-30-22-15-13-21(14-16-22)17-19-25(18-6-2,23(26)28-7-3)24(27)29-8-4;1-4-7-8-9-10-18-28-20-13-11-19(12-14-20)15-17-23(16-5-2,21(24)25)22(26)27-6-3/h6,13-16H,2,5,7-12,17-20H2,1,3-4H3;5,11-14H,2,4,6-10,15-18H2,1,3H3,(H,24,25). The van der Waals surface area contributed by atoms with Crippen LogP contribution in [0.5, 0.6) is 11.5 Å². The van der Waals surface area contributed by atoms with E-state index in [1.165, 1.54) is 57.4 Å². The number of carboxylic acid groups (broad SMARTS) is 1. The molecule has 0 aromatic heterocycles. The lowest BCUT2D eigenvalue weighted by Gasteiger charge is -2.28. The fraction of sp³-hybridized carbons (Fsp3) is 0.583. The number of rotatable bonds is 31. The first kappa shape index (κ1) is 51.4. The third-order valence-electron chi connectivity index (χ3n) is 9.95. The summed E-state index contributed by atoms with van der Waals surface area (Å²) < 4.78 is 27.0. The van der Waals surface area contributed by atoms with E-state index in [1.54, 1.807) is 26.8 Å². The molecule has 0 radical (unpaired) electrons. The summed E-state index contributed by atoms with van der Waals surface area (Å²) in [5, 5.41) is 9.68. The third kappa shape index (κ3) is 18.3. The molecule has 2 rings (SSSR count). The number of carbonyl (C=O) groups excluding carboxylic acids is 3. The highest BCUT2D eigenvalue weighted by Gasteiger charge is 2.48. The second kappa shape index (κ2) is 30.5. The molecular weight excluding hydrogens is 737 g/mol. The van der Waals surface area contributed by atoms with E-state index in [4.69, 9.17) is 23.7 Å². The Kier molecular flexibility index (Phi) is 27.0. The molecule has 2 aromatic carbocycles. The van der Waals surface area contributed by atoms with Crippen molar-refractivity contribution < 1.29 is 48.0 Å². The van der Waals surface area contributed by atoms with Gasteiger partial charge in [0.1, 0.15) is 11.5 Å². The maximum absolute atomic E-state index is 12.7. The number of esters is 3. The molecule has 1 unspecified atom stereocenters. The van der Waals surface area contributed by atoms with Crippen molar-refractivity contribution in [1.29, 1.82) is 0 Å². The number of carboxylic acids is 1. The highest BCUT2D eigenvalue weighted by atomic mass is 16.6. The zero-order valence-electron chi connectivity index (χ0n) is 36.2. The van der Waals surface area contributed by atoms with Crippen molar-refractivity contribution in [2.24, 2.45) is 10.8 Å². The number of benzene rings is 2. The minimum atomic E-state index is -1.59. The van der Waals surface area contributed by atoms with Crippen LogP contribution in [0.4, 0.5) is 0 Å². The number of unbranched alkanes of at least 4 members (excludes halogenated alkanes) is 8. The lowest BCUT2D eigenvalue weighted by molar-refractivity contribution is -0.173. The summed E-state index contributed by atoms with van der Waals surface area (Å²) in [6.07, 6.45) is 16.7. The van der Waals surface area contributed by atoms with Crippen molar-refractivity contribution in [2.75, 3.05) is 33.0 Å². The summed E-state index contributed by atoms with van der Waals surface area (Å²) in [5.74, 6) is -1.33. The fourth-order valence-electron chi connectivity index (χ4n) is 6.44. The van der Waals surface area contributed by atoms with Crippen LogP contribution in [-0.4, -0.2) is 62.0 Å². The molecule has 58 heavy (non-hydrogen) atoms. The maximum Gasteiger partial charge on any atom is 0.323 e. The number of aryl methyl sites for hydroxylation is 2. The quantitative estimate of drug-likeness (QED) is 0.0258. The zero-order chi connectivity index (χ0) is 43.1. The molecule has 0 aliphatic rings. The first-order valence-electron chi connectivity index (χ1n) is 21.4. The van der Waals surface area contributed by atoms with Crippen molar-refractivity contribution in [3.63, 3.8) is 0 Å². The van der Waals surface area contributed by atoms with Crippen LogP contribution in [0, 0.1) is 10.8 Å². The van der Waals surface area contributed by atoms with Crippen molar-refractivity contribution in [2.45, 2.75) is 137 Å². The summed E-state index contributed by atoms with van der Waals surface area (Å²) in [7, 11) is 0. The summed E-state index contributed by atoms with van der Waals surface area (Å²) in [6, 6.07) is 15.4. The van der Waals surface area contributed by atoms with E-state index in [0.717, 1.165) is 42.1 Å². The van der Waals surface area contributed by atoms with E-state index in [1.807, 2.05) is 48.5 Å². The second-order valence-electron chi connectivity index (χ2n) is 14.4. The first-order chi connectivity index (χ1) is 28.0. The molecule has 10 nitrogen and oxygen atoms in total. The Hall–Kier alpha value is -4.60. The Labute approximate surface area is 348 Å². The van der Waals surface area contributed by atoms with Crippen molar-refractivity contribution in [1.82, 2.24) is 0 Å². The first-order valence-corrected chi connectivity index (χ1v) is 21.4. The van der Waals surface area contributed by atoms with Crippen molar-refractivity contribution in [3.8, 4) is 11.5 Å². The largest absolute Gasteiger partial charge is 0.494 e. The number of carbonyl (C=O) groups is 4. The van der Waals surface area contributed by atoms with Gasteiger partial charge in [0, 0.05) is 0 Å². The van der Waals surface area contributed by atoms with Gasteiger partial charge in [-0.15, -0.1) is 13.2 Å². The van der Waals surface area contributed by atoms with Crippen LogP contribution in [0.2, 0.25) is 0 Å². The predicted molar refractivity (Wildman–Crippen MR) is 230 cm³/mol. The number of allylic oxidation sites excluding steroid dienone is 2. The Morgan fingerprint density at radius 3 is 1.22 bits per heavy atom. The molecule has 0 saturated carbocycles. The Bertz CT molecular complexity index is 1450. The van der Waals surface area contributed by atoms with Crippen LogP contribution in [0.15, 0.2) is 73.8 Å². The summed E-state index contributed by atoms with van der Waals surface area (Å²) in [5.41, 5.74) is -0.978. The SMILES string of the molecule is C=CCC(CCc1ccc(OCCCCCCC)cc1)(C(=O)O)C(=O)OCC.C=CCC(CCc1ccc(OCCCCCCC)cc1)(C(=O)OCC)C(=O)OCC. The molecule has 0 saturated heterocycles. The van der Waals surface area contributed by atoms with Gasteiger partial charge in [-0.25, -0.2) is 0 Å². The maximum atomic E-state index is 12.7. The topological polar surface area (TPSA) is 135 Å². The van der Waals surface area contributed by atoms with Gasteiger partial charge in [0.05, 0.1) is 33.0 Å². The van der Waals surface area contributed by atoms with E-state index in [0.29, 0.717) is 25.9 Å². The highest BCUT2D eigenvalue weighted by molar-refractivity contribution is 6.00. The van der Waals surface area contributed by atoms with Gasteiger partial charge >= 0.3 is 23.9 Å². The van der Waals surface area contributed by atoms with Crippen LogP contribution in [0.3, 0.4) is 0 Å². The molecule has 0 spiro atoms. The monoisotopic (exact) mass is 809 g/mol. The van der Waals surface area contributed by atoms with Gasteiger partial charge in [-0.05, 0) is 108 Å². The van der Waals surface area contributed by atoms with Gasteiger partial charge in [0.2, 0.25) is 0 Å². The van der Waals surface area contributed by atoms with E-state index < -0.39 is 34.7 Å². The molecular formula is C48H72O10. The van der Waals surface area contributed by atoms with Gasteiger partial charge < -0.3 is 28.8 Å². The minimum Gasteiger partial charge on any atom is -0.494 e. The van der Waals surface area contributed by atoms with Crippen LogP contribution in [0.25, 0.3) is 0 Å². The normalized spacial score (nSPS) is 11.9. The van der Waals surface area contributed by atoms with Gasteiger partial charge in [0.25, 0.3) is 0 Å². The number of hydrogen-bond acceptors (Lipinski definition) is 9. The average Bonchev–Trinajstić information content (AvgIpc) is 3.22. The molecule has 0 bridgehead atoms. The average molecular weight is 809 g/mol. The Morgan fingerprint density at radius 1 is 0.534 bits per heavy atom. The lowest BCUT2D eigenvalue weighted by atomic mass is 9.79. The molecule has 1 N–H and O–H groups in total. The molecule has 0 aliphatic heterocycles. The molecule has 0 heterocycles. The number of aliphatic carboxylic acids is 1. The Balaban J connectivity index is 0.000000581. The van der Waals surface area contributed by atoms with Crippen molar-refractivity contribution >= 4 is 23.9 Å². The van der Waals surface area contributed by atoms with E-state index in [9.17, 15) is 24.3 Å².